The van der Waals surface area contributed by atoms with E-state index in [0.717, 1.165) is 59.7 Å². The Morgan fingerprint density at radius 1 is 1.20 bits per heavy atom. The van der Waals surface area contributed by atoms with Crippen LogP contribution in [-0.4, -0.2) is 52.4 Å². The quantitative estimate of drug-likeness (QED) is 0.166. The van der Waals surface area contributed by atoms with Crippen LogP contribution in [0, 0.1) is 10.1 Å². The highest BCUT2D eigenvalue weighted by atomic mass is 35.5. The lowest BCUT2D eigenvalue weighted by molar-refractivity contribution is -0.384. The normalized spacial score (nSPS) is 15.3. The molecule has 0 amide bonds. The zero-order valence-corrected chi connectivity index (χ0v) is 18.1. The number of non-ortho nitro benzene ring substituents is 1. The Morgan fingerprint density at radius 3 is 2.50 bits per heavy atom. The summed E-state index contributed by atoms with van der Waals surface area (Å²) >= 11 is 7.66. The van der Waals surface area contributed by atoms with Crippen molar-refractivity contribution in [3.63, 3.8) is 0 Å². The average Bonchev–Trinajstić information content (AvgIpc) is 2.75. The van der Waals surface area contributed by atoms with E-state index in [0.29, 0.717) is 6.54 Å². The first-order valence-corrected chi connectivity index (χ1v) is 11.2. The number of rotatable bonds is 7. The van der Waals surface area contributed by atoms with Gasteiger partial charge in [-0.15, -0.1) is 11.8 Å². The highest BCUT2D eigenvalue weighted by Crippen LogP contribution is 2.20. The van der Waals surface area contributed by atoms with Crippen molar-refractivity contribution in [1.82, 2.24) is 10.2 Å². The van der Waals surface area contributed by atoms with Gasteiger partial charge in [0, 0.05) is 47.4 Å². The van der Waals surface area contributed by atoms with Gasteiger partial charge in [0.15, 0.2) is 5.96 Å². The number of halogens is 1. The Balaban J connectivity index is 1.58. The van der Waals surface area contributed by atoms with E-state index in [9.17, 15) is 15.2 Å². The summed E-state index contributed by atoms with van der Waals surface area (Å²) in [6, 6.07) is 14.2. The molecule has 1 fully saturated rings. The molecule has 0 spiro atoms. The zero-order chi connectivity index (χ0) is 21.3. The van der Waals surface area contributed by atoms with Crippen LogP contribution in [0.1, 0.15) is 18.4 Å². The van der Waals surface area contributed by atoms with Gasteiger partial charge in [0.2, 0.25) is 0 Å². The number of nitrogens with one attached hydrogen (secondary N) is 1. The Kier molecular flexibility index (Phi) is 8.36. The molecule has 30 heavy (non-hydrogen) atoms. The van der Waals surface area contributed by atoms with Crippen molar-refractivity contribution in [2.24, 2.45) is 4.99 Å². The summed E-state index contributed by atoms with van der Waals surface area (Å²) in [7, 11) is 0. The first-order valence-electron chi connectivity index (χ1n) is 9.84. The van der Waals surface area contributed by atoms with E-state index in [1.807, 2.05) is 24.3 Å². The summed E-state index contributed by atoms with van der Waals surface area (Å²) in [5, 5.41) is 24.8. The highest BCUT2D eigenvalue weighted by molar-refractivity contribution is 7.99. The minimum absolute atomic E-state index is 0.0744. The summed E-state index contributed by atoms with van der Waals surface area (Å²) in [6.45, 7) is 2.67. The van der Waals surface area contributed by atoms with E-state index in [2.05, 4.69) is 10.2 Å². The number of guanidine groups is 1. The minimum atomic E-state index is -0.405. The molecule has 1 heterocycles. The second-order valence-corrected chi connectivity index (χ2v) is 8.62. The summed E-state index contributed by atoms with van der Waals surface area (Å²) < 4.78 is 0. The third-order valence-electron chi connectivity index (χ3n) is 4.79. The van der Waals surface area contributed by atoms with E-state index in [-0.39, 0.29) is 11.8 Å². The van der Waals surface area contributed by atoms with Crippen LogP contribution in [0.5, 0.6) is 0 Å². The smallest absolute Gasteiger partial charge is 0.269 e. The fourth-order valence-electron chi connectivity index (χ4n) is 3.10. The van der Waals surface area contributed by atoms with Crippen molar-refractivity contribution in [3.05, 3.63) is 69.2 Å². The van der Waals surface area contributed by atoms with Gasteiger partial charge in [0.05, 0.1) is 17.6 Å². The second-order valence-electron chi connectivity index (χ2n) is 7.01. The maximum absolute atomic E-state index is 10.8. The zero-order valence-electron chi connectivity index (χ0n) is 16.5. The summed E-state index contributed by atoms with van der Waals surface area (Å²) in [6.07, 6.45) is 1.19. The van der Waals surface area contributed by atoms with Crippen molar-refractivity contribution in [1.29, 1.82) is 0 Å². The van der Waals surface area contributed by atoms with Gasteiger partial charge in [-0.05, 0) is 42.7 Å². The molecule has 0 aliphatic carbocycles. The number of nitro benzene ring substituents is 1. The van der Waals surface area contributed by atoms with Gasteiger partial charge in [-0.1, -0.05) is 23.7 Å². The Bertz CT molecular complexity index is 854. The molecule has 160 valence electrons. The fourth-order valence-corrected chi connectivity index (χ4v) is 3.99. The molecule has 9 heteroatoms. The Labute approximate surface area is 185 Å². The number of nitrogens with zero attached hydrogens (tertiary/aromatic N) is 3. The van der Waals surface area contributed by atoms with Crippen molar-refractivity contribution in [3.8, 4) is 0 Å². The van der Waals surface area contributed by atoms with Crippen LogP contribution in [0.4, 0.5) is 5.69 Å². The SMILES string of the molecule is O=[N+]([O-])c1ccc(CN=C(NCCSc2ccc(Cl)cc2)N2CCC(O)CC2)cc1. The number of nitro groups is 1. The van der Waals surface area contributed by atoms with Crippen LogP contribution < -0.4 is 5.32 Å². The van der Waals surface area contributed by atoms with Gasteiger partial charge in [-0.2, -0.15) is 0 Å². The lowest BCUT2D eigenvalue weighted by Gasteiger charge is -2.32. The molecule has 2 N–H and O–H groups in total. The van der Waals surface area contributed by atoms with Gasteiger partial charge in [-0.25, -0.2) is 4.99 Å². The number of likely N-dealkylation sites (tertiary alicyclic amines) is 1. The predicted octanol–water partition coefficient (Wildman–Crippen LogP) is 3.94. The number of thioether (sulfide) groups is 1. The predicted molar refractivity (Wildman–Crippen MR) is 121 cm³/mol. The molecule has 1 saturated heterocycles. The summed E-state index contributed by atoms with van der Waals surface area (Å²) in [5.74, 6) is 1.67. The molecule has 0 saturated carbocycles. The standard InChI is InChI=1S/C21H25ClN4O3S/c22-17-3-7-20(8-4-17)30-14-11-23-21(25-12-9-19(27)10-13-25)24-15-16-1-5-18(6-2-16)26(28)29/h1-8,19,27H,9-15H2,(H,23,24). The van der Waals surface area contributed by atoms with Crippen LogP contribution in [0.25, 0.3) is 0 Å². The van der Waals surface area contributed by atoms with E-state index < -0.39 is 4.92 Å². The van der Waals surface area contributed by atoms with E-state index >= 15 is 0 Å². The van der Waals surface area contributed by atoms with Gasteiger partial charge < -0.3 is 15.3 Å². The largest absolute Gasteiger partial charge is 0.393 e. The average molecular weight is 449 g/mol. The van der Waals surface area contributed by atoms with Gasteiger partial charge in [0.1, 0.15) is 0 Å². The fraction of sp³-hybridized carbons (Fsp3) is 0.381. The van der Waals surface area contributed by atoms with Crippen LogP contribution in [0.15, 0.2) is 58.4 Å². The molecular weight excluding hydrogens is 424 g/mol. The van der Waals surface area contributed by atoms with Crippen LogP contribution in [0.2, 0.25) is 5.02 Å². The van der Waals surface area contributed by atoms with Crippen LogP contribution >= 0.6 is 23.4 Å². The third kappa shape index (κ3) is 6.90. The van der Waals surface area contributed by atoms with E-state index in [4.69, 9.17) is 16.6 Å². The molecule has 2 aromatic carbocycles. The van der Waals surface area contributed by atoms with Crippen molar-refractivity contribution < 1.29 is 10.0 Å². The number of hydrogen-bond donors (Lipinski definition) is 2. The first kappa shape index (κ1) is 22.4. The van der Waals surface area contributed by atoms with E-state index in [1.54, 1.807) is 23.9 Å². The summed E-state index contributed by atoms with van der Waals surface area (Å²) in [5.41, 5.74) is 0.984. The monoisotopic (exact) mass is 448 g/mol. The third-order valence-corrected chi connectivity index (χ3v) is 6.06. The number of hydrogen-bond acceptors (Lipinski definition) is 5. The van der Waals surface area contributed by atoms with Crippen LogP contribution in [0.3, 0.4) is 0 Å². The Morgan fingerprint density at radius 2 is 1.87 bits per heavy atom. The maximum Gasteiger partial charge on any atom is 0.269 e. The molecule has 2 aromatic rings. The lowest BCUT2D eigenvalue weighted by Crippen LogP contribution is -2.47. The van der Waals surface area contributed by atoms with Crippen molar-refractivity contribution in [2.75, 3.05) is 25.4 Å². The molecule has 7 nitrogen and oxygen atoms in total. The van der Waals surface area contributed by atoms with Crippen molar-refractivity contribution in [2.45, 2.75) is 30.4 Å². The minimum Gasteiger partial charge on any atom is -0.393 e. The molecule has 1 aliphatic heterocycles. The molecule has 1 aliphatic rings. The molecule has 0 radical (unpaired) electrons. The number of benzene rings is 2. The van der Waals surface area contributed by atoms with E-state index in [1.165, 1.54) is 12.1 Å². The maximum atomic E-state index is 10.8. The van der Waals surface area contributed by atoms with Crippen LogP contribution in [-0.2, 0) is 6.54 Å². The van der Waals surface area contributed by atoms with Crippen molar-refractivity contribution >= 4 is 35.0 Å². The number of aliphatic hydroxyl groups excluding tert-OH is 1. The van der Waals surface area contributed by atoms with Gasteiger partial charge >= 0.3 is 0 Å². The highest BCUT2D eigenvalue weighted by Gasteiger charge is 2.19. The molecular formula is C21H25ClN4O3S. The number of aliphatic hydroxyl groups is 1. The molecule has 0 atom stereocenters. The lowest BCUT2D eigenvalue weighted by atomic mass is 10.1. The molecule has 0 bridgehead atoms. The molecule has 0 aromatic heterocycles. The topological polar surface area (TPSA) is 91.0 Å². The first-order chi connectivity index (χ1) is 14.5. The number of aliphatic imine (C=N–C) groups is 1. The number of piperidine rings is 1. The molecule has 0 unspecified atom stereocenters. The Hall–Kier alpha value is -2.29. The van der Waals surface area contributed by atoms with Gasteiger partial charge in [-0.3, -0.25) is 10.1 Å². The summed E-state index contributed by atoms with van der Waals surface area (Å²) in [4.78, 5) is 18.4. The van der Waals surface area contributed by atoms with Gasteiger partial charge in [0.25, 0.3) is 5.69 Å². The second kappa shape index (κ2) is 11.2. The molecule has 3 rings (SSSR count).